The first-order valence-electron chi connectivity index (χ1n) is 6.48. The molecule has 0 saturated carbocycles. The van der Waals surface area contributed by atoms with Crippen molar-refractivity contribution in [2.45, 2.75) is 46.7 Å². The van der Waals surface area contributed by atoms with Crippen LogP contribution in [0.5, 0.6) is 0 Å². The molecule has 0 aromatic carbocycles. The van der Waals surface area contributed by atoms with Gasteiger partial charge in [-0.2, -0.15) is 0 Å². The van der Waals surface area contributed by atoms with Crippen LogP contribution >= 0.6 is 0 Å². The van der Waals surface area contributed by atoms with E-state index < -0.39 is 5.97 Å². The average Bonchev–Trinajstić information content (AvgIpc) is 2.61. The number of nitrogens with zero attached hydrogens (tertiary/aromatic N) is 2. The van der Waals surface area contributed by atoms with Crippen LogP contribution in [-0.4, -0.2) is 40.2 Å². The molecule has 0 amide bonds. The summed E-state index contributed by atoms with van der Waals surface area (Å²) in [4.78, 5) is 13.4. The van der Waals surface area contributed by atoms with E-state index in [1.807, 2.05) is 13.8 Å². The van der Waals surface area contributed by atoms with Gasteiger partial charge in [0.05, 0.1) is 5.56 Å². The fourth-order valence-electron chi connectivity index (χ4n) is 2.15. The van der Waals surface area contributed by atoms with Gasteiger partial charge in [0.15, 0.2) is 0 Å². The van der Waals surface area contributed by atoms with Crippen LogP contribution in [0.4, 0.5) is 0 Å². The van der Waals surface area contributed by atoms with Gasteiger partial charge in [0.2, 0.25) is 0 Å². The van der Waals surface area contributed by atoms with Crippen molar-refractivity contribution in [1.82, 2.24) is 9.47 Å². The lowest BCUT2D eigenvalue weighted by Crippen LogP contribution is -2.31. The van der Waals surface area contributed by atoms with Gasteiger partial charge in [-0.05, 0) is 40.3 Å². The Kier molecular flexibility index (Phi) is 4.96. The van der Waals surface area contributed by atoms with Crippen LogP contribution in [0, 0.1) is 13.8 Å². The fourth-order valence-corrected chi connectivity index (χ4v) is 2.15. The summed E-state index contributed by atoms with van der Waals surface area (Å²) in [6, 6.07) is 2.31. The van der Waals surface area contributed by atoms with Gasteiger partial charge in [0, 0.05) is 30.5 Å². The van der Waals surface area contributed by atoms with Crippen molar-refractivity contribution in [3.63, 3.8) is 0 Å². The highest BCUT2D eigenvalue weighted by molar-refractivity contribution is 5.89. The molecule has 0 radical (unpaired) electrons. The van der Waals surface area contributed by atoms with Crippen molar-refractivity contribution in [3.8, 4) is 0 Å². The molecule has 0 fully saturated rings. The minimum absolute atomic E-state index is 0.415. The number of aromatic carboxylic acids is 1. The van der Waals surface area contributed by atoms with Gasteiger partial charge >= 0.3 is 5.97 Å². The maximum atomic E-state index is 11.1. The molecule has 4 heteroatoms. The number of likely N-dealkylation sites (N-methyl/N-ethyl adjacent to an activating group) is 1. The zero-order valence-electron chi connectivity index (χ0n) is 12.0. The number of hydrogen-bond acceptors (Lipinski definition) is 2. The predicted molar refractivity (Wildman–Crippen MR) is 73.2 cm³/mol. The lowest BCUT2D eigenvalue weighted by molar-refractivity contribution is 0.0696. The molecule has 0 bridgehead atoms. The van der Waals surface area contributed by atoms with E-state index in [1.165, 1.54) is 0 Å². The van der Waals surface area contributed by atoms with Gasteiger partial charge < -0.3 is 14.6 Å². The molecule has 0 saturated heterocycles. The topological polar surface area (TPSA) is 45.5 Å². The molecule has 1 atom stereocenters. The van der Waals surface area contributed by atoms with Crippen LogP contribution in [0.25, 0.3) is 0 Å². The summed E-state index contributed by atoms with van der Waals surface area (Å²) < 4.78 is 2.09. The summed E-state index contributed by atoms with van der Waals surface area (Å²) in [5.74, 6) is -0.843. The molecule has 0 aliphatic carbocycles. The molecule has 102 valence electrons. The van der Waals surface area contributed by atoms with Gasteiger partial charge in [0.1, 0.15) is 0 Å². The first-order chi connectivity index (χ1) is 8.38. The highest BCUT2D eigenvalue weighted by Crippen LogP contribution is 2.15. The number of carbonyl (C=O) groups is 1. The molecule has 4 nitrogen and oxygen atoms in total. The second kappa shape index (κ2) is 6.05. The van der Waals surface area contributed by atoms with Crippen LogP contribution in [0.3, 0.4) is 0 Å². The van der Waals surface area contributed by atoms with E-state index >= 15 is 0 Å². The van der Waals surface area contributed by atoms with E-state index in [0.29, 0.717) is 11.6 Å². The molecular weight excluding hydrogens is 228 g/mol. The maximum Gasteiger partial charge on any atom is 0.337 e. The Bertz CT molecular complexity index is 424. The highest BCUT2D eigenvalue weighted by atomic mass is 16.4. The largest absolute Gasteiger partial charge is 0.478 e. The van der Waals surface area contributed by atoms with Gasteiger partial charge in [-0.15, -0.1) is 0 Å². The predicted octanol–water partition coefficient (Wildman–Crippen LogP) is 2.53. The summed E-state index contributed by atoms with van der Waals surface area (Å²) in [7, 11) is 2.11. The molecule has 0 aliphatic heterocycles. The van der Waals surface area contributed by atoms with Crippen LogP contribution in [0.15, 0.2) is 6.07 Å². The van der Waals surface area contributed by atoms with E-state index in [4.69, 9.17) is 5.11 Å². The third kappa shape index (κ3) is 3.13. The molecule has 1 unspecified atom stereocenters. The molecule has 0 aliphatic rings. The second-order valence-electron chi connectivity index (χ2n) is 4.98. The average molecular weight is 252 g/mol. The molecule has 1 aromatic rings. The highest BCUT2D eigenvalue weighted by Gasteiger charge is 2.15. The van der Waals surface area contributed by atoms with Gasteiger partial charge in [0.25, 0.3) is 0 Å². The van der Waals surface area contributed by atoms with Gasteiger partial charge in [-0.1, -0.05) is 6.92 Å². The molecule has 0 spiro atoms. The number of carboxylic acid groups (broad SMARTS) is 1. The Morgan fingerprint density at radius 1 is 1.50 bits per heavy atom. The van der Waals surface area contributed by atoms with Crippen LogP contribution in [-0.2, 0) is 6.54 Å². The van der Waals surface area contributed by atoms with Crippen molar-refractivity contribution >= 4 is 5.97 Å². The molecule has 1 rings (SSSR count). The Balaban J connectivity index is 2.77. The normalized spacial score (nSPS) is 13.0. The van der Waals surface area contributed by atoms with E-state index in [-0.39, 0.29) is 0 Å². The van der Waals surface area contributed by atoms with Crippen molar-refractivity contribution in [2.75, 3.05) is 13.6 Å². The summed E-state index contributed by atoms with van der Waals surface area (Å²) in [5.41, 5.74) is 2.28. The zero-order chi connectivity index (χ0) is 13.9. The molecule has 1 N–H and O–H groups in total. The van der Waals surface area contributed by atoms with E-state index in [1.54, 1.807) is 6.07 Å². The third-order valence-corrected chi connectivity index (χ3v) is 3.82. The van der Waals surface area contributed by atoms with E-state index in [2.05, 4.69) is 30.4 Å². The minimum Gasteiger partial charge on any atom is -0.478 e. The number of aryl methyl sites for hydroxylation is 1. The number of hydrogen-bond donors (Lipinski definition) is 1. The maximum absolute atomic E-state index is 11.1. The lowest BCUT2D eigenvalue weighted by atomic mass is 10.2. The van der Waals surface area contributed by atoms with Crippen LogP contribution in [0.2, 0.25) is 0 Å². The summed E-state index contributed by atoms with van der Waals surface area (Å²) in [6.45, 7) is 9.99. The monoisotopic (exact) mass is 252 g/mol. The van der Waals surface area contributed by atoms with E-state index in [0.717, 1.165) is 30.9 Å². The van der Waals surface area contributed by atoms with Gasteiger partial charge in [-0.25, -0.2) is 4.79 Å². The van der Waals surface area contributed by atoms with Crippen molar-refractivity contribution in [3.05, 3.63) is 23.0 Å². The number of aromatic nitrogens is 1. The third-order valence-electron chi connectivity index (χ3n) is 3.82. The lowest BCUT2D eigenvalue weighted by Gasteiger charge is -2.24. The minimum atomic E-state index is -0.843. The summed E-state index contributed by atoms with van der Waals surface area (Å²) in [6.07, 6.45) is 1.13. The zero-order valence-corrected chi connectivity index (χ0v) is 12.0. The Morgan fingerprint density at radius 2 is 2.11 bits per heavy atom. The Morgan fingerprint density at radius 3 is 2.56 bits per heavy atom. The quantitative estimate of drug-likeness (QED) is 0.846. The van der Waals surface area contributed by atoms with Crippen molar-refractivity contribution < 1.29 is 9.90 Å². The molecular formula is C14H24N2O2. The second-order valence-corrected chi connectivity index (χ2v) is 4.98. The summed E-state index contributed by atoms with van der Waals surface area (Å²) in [5, 5.41) is 9.08. The smallest absolute Gasteiger partial charge is 0.337 e. The number of rotatable bonds is 6. The van der Waals surface area contributed by atoms with E-state index in [9.17, 15) is 4.79 Å². The first-order valence-corrected chi connectivity index (χ1v) is 6.48. The summed E-state index contributed by atoms with van der Waals surface area (Å²) >= 11 is 0. The SMILES string of the molecule is CCC(C)N(C)CCn1c(C)cc(C(=O)O)c1C. The standard InChI is InChI=1S/C14H24N2O2/c1-6-10(2)15(5)7-8-16-11(3)9-13(12(16)4)14(17)18/h9-10H,6-8H2,1-5H3,(H,17,18). The fraction of sp³-hybridized carbons (Fsp3) is 0.643. The van der Waals surface area contributed by atoms with Crippen molar-refractivity contribution in [2.24, 2.45) is 0 Å². The Hall–Kier alpha value is -1.29. The Labute approximate surface area is 109 Å². The van der Waals surface area contributed by atoms with Gasteiger partial charge in [-0.3, -0.25) is 0 Å². The molecule has 1 aromatic heterocycles. The van der Waals surface area contributed by atoms with Crippen LogP contribution in [0.1, 0.15) is 42.0 Å². The van der Waals surface area contributed by atoms with Crippen LogP contribution < -0.4 is 0 Å². The molecule has 18 heavy (non-hydrogen) atoms. The molecule has 1 heterocycles. The first kappa shape index (κ1) is 14.8. The number of carboxylic acids is 1. The van der Waals surface area contributed by atoms with Crippen molar-refractivity contribution in [1.29, 1.82) is 0 Å².